The summed E-state index contributed by atoms with van der Waals surface area (Å²) in [5, 5.41) is 5.86. The number of methoxy groups -OCH3 is 1. The van der Waals surface area contributed by atoms with Gasteiger partial charge in [0.15, 0.2) is 11.4 Å². The maximum Gasteiger partial charge on any atom is 0.411 e. The average molecular weight is 488 g/mol. The van der Waals surface area contributed by atoms with Gasteiger partial charge in [0.25, 0.3) is 5.91 Å². The lowest BCUT2D eigenvalue weighted by Gasteiger charge is -2.07. The van der Waals surface area contributed by atoms with E-state index < -0.39 is 6.09 Å². The van der Waals surface area contributed by atoms with Crippen LogP contribution in [0.5, 0.6) is 0 Å². The number of benzene rings is 2. The number of rotatable bonds is 5. The number of fused-ring (bicyclic) bond motifs is 1. The summed E-state index contributed by atoms with van der Waals surface area (Å²) < 4.78 is 9.74. The van der Waals surface area contributed by atoms with Crippen LogP contribution >= 0.6 is 11.6 Å². The third kappa shape index (κ3) is 4.71. The summed E-state index contributed by atoms with van der Waals surface area (Å²) in [6.45, 7) is 0. The number of pyridine rings is 1. The molecule has 174 valence electrons. The van der Waals surface area contributed by atoms with Gasteiger partial charge in [-0.05, 0) is 54.1 Å². The highest BCUT2D eigenvalue weighted by Crippen LogP contribution is 2.31. The van der Waals surface area contributed by atoms with Gasteiger partial charge in [-0.2, -0.15) is 0 Å². The Morgan fingerprint density at radius 2 is 1.80 bits per heavy atom. The van der Waals surface area contributed by atoms with E-state index in [0.29, 0.717) is 33.4 Å². The number of H-pyrrole nitrogens is 1. The highest BCUT2D eigenvalue weighted by atomic mass is 35.5. The van der Waals surface area contributed by atoms with Crippen molar-refractivity contribution in [2.24, 2.45) is 0 Å². The Balaban J connectivity index is 1.41. The molecule has 0 atom stereocenters. The van der Waals surface area contributed by atoms with Crippen molar-refractivity contribution in [1.29, 1.82) is 0 Å². The molecule has 3 aromatic heterocycles. The summed E-state index contributed by atoms with van der Waals surface area (Å²) in [6, 6.07) is 17.6. The molecule has 3 N–H and O–H groups in total. The maximum absolute atomic E-state index is 12.3. The first-order valence-corrected chi connectivity index (χ1v) is 10.8. The highest BCUT2D eigenvalue weighted by Gasteiger charge is 2.14. The van der Waals surface area contributed by atoms with Crippen molar-refractivity contribution in [1.82, 2.24) is 15.0 Å². The van der Waals surface area contributed by atoms with Crippen LogP contribution in [-0.4, -0.2) is 34.1 Å². The van der Waals surface area contributed by atoms with E-state index in [4.69, 9.17) is 16.0 Å². The van der Waals surface area contributed by atoms with Crippen LogP contribution in [0.25, 0.3) is 33.7 Å². The topological polar surface area (TPSA) is 122 Å². The normalized spacial score (nSPS) is 10.8. The average Bonchev–Trinajstić information content (AvgIpc) is 3.55. The van der Waals surface area contributed by atoms with E-state index in [1.807, 2.05) is 18.2 Å². The van der Waals surface area contributed by atoms with E-state index in [0.717, 1.165) is 16.6 Å². The fraction of sp³-hybridized carbons (Fsp3) is 0.0400. The van der Waals surface area contributed by atoms with E-state index in [1.165, 1.54) is 13.4 Å². The minimum atomic E-state index is -0.533. The van der Waals surface area contributed by atoms with Crippen LogP contribution in [0.1, 0.15) is 10.6 Å². The molecule has 0 aliphatic rings. The third-order valence-corrected chi connectivity index (χ3v) is 5.54. The van der Waals surface area contributed by atoms with Crippen molar-refractivity contribution in [3.05, 3.63) is 83.9 Å². The molecule has 3 heterocycles. The molecule has 0 saturated heterocycles. The number of aromatic amines is 1. The number of nitrogens with zero attached hydrogens (tertiary/aromatic N) is 2. The van der Waals surface area contributed by atoms with Gasteiger partial charge in [0, 0.05) is 28.7 Å². The molecular formula is C25H18ClN5O4. The Kier molecular flexibility index (Phi) is 5.90. The molecule has 0 unspecified atom stereocenters. The molecular weight excluding hydrogens is 470 g/mol. The van der Waals surface area contributed by atoms with Crippen LogP contribution in [-0.2, 0) is 4.74 Å². The van der Waals surface area contributed by atoms with Crippen molar-refractivity contribution in [2.45, 2.75) is 0 Å². The number of imidazole rings is 1. The Morgan fingerprint density at radius 3 is 2.54 bits per heavy atom. The second-order valence-corrected chi connectivity index (χ2v) is 7.91. The van der Waals surface area contributed by atoms with Gasteiger partial charge in [0.2, 0.25) is 0 Å². The van der Waals surface area contributed by atoms with Gasteiger partial charge < -0.3 is 19.5 Å². The van der Waals surface area contributed by atoms with Crippen molar-refractivity contribution in [3.8, 4) is 22.5 Å². The number of hydrogen-bond acceptors (Lipinski definition) is 6. The molecule has 2 aromatic carbocycles. The fourth-order valence-electron chi connectivity index (χ4n) is 3.49. The lowest BCUT2D eigenvalue weighted by molar-refractivity contribution is 0.0996. The first-order valence-electron chi connectivity index (χ1n) is 10.5. The van der Waals surface area contributed by atoms with Crippen molar-refractivity contribution in [2.75, 3.05) is 17.7 Å². The van der Waals surface area contributed by atoms with Crippen LogP contribution in [0.3, 0.4) is 0 Å². The molecule has 0 radical (unpaired) electrons. The minimum Gasteiger partial charge on any atom is -0.459 e. The Hall–Kier alpha value is -4.63. The Labute approximate surface area is 204 Å². The van der Waals surface area contributed by atoms with E-state index in [9.17, 15) is 9.59 Å². The summed E-state index contributed by atoms with van der Waals surface area (Å²) in [5.41, 5.74) is 4.79. The van der Waals surface area contributed by atoms with Gasteiger partial charge in [-0.3, -0.25) is 10.1 Å². The number of amides is 2. The highest BCUT2D eigenvalue weighted by molar-refractivity contribution is 6.33. The van der Waals surface area contributed by atoms with Crippen molar-refractivity contribution < 1.29 is 18.7 Å². The molecule has 5 aromatic rings. The predicted octanol–water partition coefficient (Wildman–Crippen LogP) is 5.97. The van der Waals surface area contributed by atoms with Crippen molar-refractivity contribution >= 4 is 46.1 Å². The van der Waals surface area contributed by atoms with Gasteiger partial charge in [-0.25, -0.2) is 14.8 Å². The molecule has 9 nitrogen and oxygen atoms in total. The second-order valence-electron chi connectivity index (χ2n) is 7.50. The number of ether oxygens (including phenoxy) is 1. The first kappa shape index (κ1) is 22.2. The molecule has 0 bridgehead atoms. The molecule has 5 rings (SSSR count). The molecule has 0 aliphatic heterocycles. The van der Waals surface area contributed by atoms with Gasteiger partial charge >= 0.3 is 6.09 Å². The number of carbonyl (C=O) groups excluding carboxylic acids is 2. The lowest BCUT2D eigenvalue weighted by Crippen LogP contribution is -2.10. The maximum atomic E-state index is 12.3. The van der Waals surface area contributed by atoms with Crippen LogP contribution in [0.15, 0.2) is 77.5 Å². The van der Waals surface area contributed by atoms with E-state index >= 15 is 0 Å². The van der Waals surface area contributed by atoms with Crippen LogP contribution in [0.4, 0.5) is 16.2 Å². The molecule has 0 aliphatic carbocycles. The Morgan fingerprint density at radius 1 is 1.00 bits per heavy atom. The fourth-order valence-corrected chi connectivity index (χ4v) is 3.69. The second kappa shape index (κ2) is 9.32. The molecule has 0 saturated carbocycles. The van der Waals surface area contributed by atoms with Gasteiger partial charge in [-0.1, -0.05) is 23.7 Å². The largest absolute Gasteiger partial charge is 0.459 e. The number of carbonyl (C=O) groups is 2. The number of anilines is 2. The lowest BCUT2D eigenvalue weighted by atomic mass is 10.1. The zero-order chi connectivity index (χ0) is 24.4. The zero-order valence-electron chi connectivity index (χ0n) is 18.3. The smallest absolute Gasteiger partial charge is 0.411 e. The van der Waals surface area contributed by atoms with Crippen LogP contribution in [0, 0.1) is 0 Å². The van der Waals surface area contributed by atoms with E-state index in [2.05, 4.69) is 30.3 Å². The number of aromatic nitrogens is 3. The standard InChI is InChI=1S/C25H18ClN5O4/c1-34-25(33)29-16-6-4-14(5-7-16)15-11-20-23(27-13-15)31-22(30-20)18-12-17(8-9-19(18)26)28-24(32)21-3-2-10-35-21/h2-13H,1H3,(H,28,32)(H,29,33)(H,27,30,31). The molecule has 35 heavy (non-hydrogen) atoms. The number of halogens is 1. The van der Waals surface area contributed by atoms with Gasteiger partial charge in [0.1, 0.15) is 5.82 Å². The Bertz CT molecular complexity index is 1530. The summed E-state index contributed by atoms with van der Waals surface area (Å²) in [6.07, 6.45) is 2.62. The summed E-state index contributed by atoms with van der Waals surface area (Å²) in [5.74, 6) is 0.351. The van der Waals surface area contributed by atoms with Gasteiger partial charge in [0.05, 0.1) is 23.9 Å². The van der Waals surface area contributed by atoms with Crippen molar-refractivity contribution in [3.63, 3.8) is 0 Å². The number of hydrogen-bond donors (Lipinski definition) is 3. The third-order valence-electron chi connectivity index (χ3n) is 5.21. The van der Waals surface area contributed by atoms with Crippen LogP contribution in [0.2, 0.25) is 5.02 Å². The molecule has 0 fully saturated rings. The van der Waals surface area contributed by atoms with E-state index in [1.54, 1.807) is 48.7 Å². The molecule has 0 spiro atoms. The zero-order valence-corrected chi connectivity index (χ0v) is 19.1. The summed E-state index contributed by atoms with van der Waals surface area (Å²) in [4.78, 5) is 36.0. The SMILES string of the molecule is COC(=O)Nc1ccc(-c2cnc3nc(-c4cc(NC(=O)c5ccco5)ccc4Cl)[nH]c3c2)cc1. The number of nitrogens with one attached hydrogen (secondary N) is 3. The minimum absolute atomic E-state index is 0.205. The molecule has 10 heteroatoms. The van der Waals surface area contributed by atoms with Gasteiger partial charge in [-0.15, -0.1) is 0 Å². The summed E-state index contributed by atoms with van der Waals surface area (Å²) in [7, 11) is 1.31. The first-order chi connectivity index (χ1) is 17.0. The molecule has 2 amide bonds. The number of furan rings is 1. The quantitative estimate of drug-likeness (QED) is 0.281. The van der Waals surface area contributed by atoms with Crippen LogP contribution < -0.4 is 10.6 Å². The monoisotopic (exact) mass is 487 g/mol. The summed E-state index contributed by atoms with van der Waals surface area (Å²) >= 11 is 6.43. The van der Waals surface area contributed by atoms with E-state index in [-0.39, 0.29) is 11.7 Å². The predicted molar refractivity (Wildman–Crippen MR) is 132 cm³/mol.